The third-order valence-corrected chi connectivity index (χ3v) is 1.87. The Morgan fingerprint density at radius 3 is 2.22 bits per heavy atom. The molecule has 1 aromatic carbocycles. The summed E-state index contributed by atoms with van der Waals surface area (Å²) in [5, 5.41) is 0. The summed E-state index contributed by atoms with van der Waals surface area (Å²) in [6, 6.07) is 8.20. The molecule has 0 aliphatic carbocycles. The van der Waals surface area contributed by atoms with Gasteiger partial charge in [-0.05, 0) is 53.6 Å². The van der Waals surface area contributed by atoms with E-state index in [9.17, 15) is 0 Å². The monoisotopic (exact) mass is 230 g/mol. The fourth-order valence-electron chi connectivity index (χ4n) is 0.620. The van der Waals surface area contributed by atoms with E-state index < -0.39 is 0 Å². The van der Waals surface area contributed by atoms with Crippen LogP contribution in [0.1, 0.15) is 5.56 Å². The van der Waals surface area contributed by atoms with Gasteiger partial charge in [0.1, 0.15) is 0 Å². The molecule has 0 heterocycles. The number of rotatable bonds is 1. The molecule has 1 rings (SSSR count). The molecule has 0 saturated heterocycles. The quantitative estimate of drug-likeness (QED) is 0.650. The zero-order valence-electron chi connectivity index (χ0n) is 4.97. The molecule has 0 aromatic heterocycles. The van der Waals surface area contributed by atoms with Crippen molar-refractivity contribution in [3.05, 3.63) is 40.3 Å². The van der Waals surface area contributed by atoms with Gasteiger partial charge in [-0.1, -0.05) is 12.1 Å². The lowest BCUT2D eigenvalue weighted by atomic mass is 10.2. The average molecular weight is 230 g/mol. The normalized spacial score (nSPS) is 9.56. The van der Waals surface area contributed by atoms with Crippen molar-refractivity contribution in [3.8, 4) is 0 Å². The van der Waals surface area contributed by atoms with Crippen LogP contribution in [0.3, 0.4) is 0 Å². The topological polar surface area (TPSA) is 0 Å². The lowest BCUT2D eigenvalue weighted by Crippen LogP contribution is -1.77. The fraction of sp³-hybridized carbons (Fsp3) is 0.125. The SMILES string of the molecule is [CH]Cc1ccc(I)cc1. The van der Waals surface area contributed by atoms with E-state index in [1.807, 2.05) is 12.1 Å². The van der Waals surface area contributed by atoms with Gasteiger partial charge in [-0.15, -0.1) is 0 Å². The molecule has 0 amide bonds. The lowest BCUT2D eigenvalue weighted by molar-refractivity contribution is 1.27. The van der Waals surface area contributed by atoms with Gasteiger partial charge in [-0.2, -0.15) is 0 Å². The largest absolute Gasteiger partial charge is 0.0580 e. The Kier molecular flexibility index (Phi) is 2.51. The van der Waals surface area contributed by atoms with Crippen LogP contribution in [0, 0.1) is 10.5 Å². The summed E-state index contributed by atoms with van der Waals surface area (Å²) in [5.41, 5.74) is 1.19. The predicted molar refractivity (Wildman–Crippen MR) is 47.2 cm³/mol. The Balaban J connectivity index is 2.88. The molecule has 0 nitrogen and oxygen atoms in total. The summed E-state index contributed by atoms with van der Waals surface area (Å²) in [7, 11) is 0. The van der Waals surface area contributed by atoms with Crippen LogP contribution in [0.5, 0.6) is 0 Å². The van der Waals surface area contributed by atoms with E-state index in [1.54, 1.807) is 0 Å². The minimum absolute atomic E-state index is 0.636. The third kappa shape index (κ3) is 1.97. The minimum Gasteiger partial charge on any atom is -0.0580 e. The summed E-state index contributed by atoms with van der Waals surface area (Å²) < 4.78 is 1.25. The number of hydrogen-bond donors (Lipinski definition) is 0. The first kappa shape index (κ1) is 7.06. The van der Waals surface area contributed by atoms with Crippen LogP contribution in [0.4, 0.5) is 0 Å². The van der Waals surface area contributed by atoms with E-state index in [4.69, 9.17) is 6.92 Å². The number of halogens is 1. The summed E-state index contributed by atoms with van der Waals surface area (Å²) in [5.74, 6) is 0. The van der Waals surface area contributed by atoms with Gasteiger partial charge in [0.05, 0.1) is 0 Å². The van der Waals surface area contributed by atoms with Crippen LogP contribution >= 0.6 is 22.6 Å². The number of benzene rings is 1. The van der Waals surface area contributed by atoms with Crippen molar-refractivity contribution in [2.45, 2.75) is 6.42 Å². The summed E-state index contributed by atoms with van der Waals surface area (Å²) in [6.07, 6.45) is 0.636. The summed E-state index contributed by atoms with van der Waals surface area (Å²) >= 11 is 2.27. The minimum atomic E-state index is 0.636. The van der Waals surface area contributed by atoms with Gasteiger partial charge in [0.15, 0.2) is 0 Å². The zero-order valence-corrected chi connectivity index (χ0v) is 7.13. The van der Waals surface area contributed by atoms with Crippen molar-refractivity contribution < 1.29 is 0 Å². The second-order valence-corrected chi connectivity index (χ2v) is 3.08. The Hall–Kier alpha value is -0.0500. The van der Waals surface area contributed by atoms with Crippen molar-refractivity contribution >= 4 is 22.6 Å². The van der Waals surface area contributed by atoms with Crippen molar-refractivity contribution in [2.24, 2.45) is 0 Å². The van der Waals surface area contributed by atoms with Gasteiger partial charge in [-0.25, -0.2) is 0 Å². The maximum Gasteiger partial charge on any atom is 0.0130 e. The molecule has 0 aliphatic rings. The van der Waals surface area contributed by atoms with Crippen LogP contribution in [0.15, 0.2) is 24.3 Å². The van der Waals surface area contributed by atoms with Crippen molar-refractivity contribution in [1.29, 1.82) is 0 Å². The molecule has 9 heavy (non-hydrogen) atoms. The Morgan fingerprint density at radius 1 is 1.22 bits per heavy atom. The van der Waals surface area contributed by atoms with Crippen LogP contribution < -0.4 is 0 Å². The first-order valence-corrected chi connectivity index (χ1v) is 3.85. The summed E-state index contributed by atoms with van der Waals surface area (Å²) in [4.78, 5) is 0. The highest BCUT2D eigenvalue weighted by Gasteiger charge is 1.86. The molecule has 46 valence electrons. The highest BCUT2D eigenvalue weighted by molar-refractivity contribution is 14.1. The smallest absolute Gasteiger partial charge is 0.0130 e. The molecule has 0 fully saturated rings. The maximum absolute atomic E-state index is 5.40. The molecule has 0 N–H and O–H groups in total. The summed E-state index contributed by atoms with van der Waals surface area (Å²) in [6.45, 7) is 5.40. The molecule has 1 aromatic rings. The maximum atomic E-state index is 5.40. The molecular formula is C8H7I. The van der Waals surface area contributed by atoms with Gasteiger partial charge in [0.25, 0.3) is 0 Å². The van der Waals surface area contributed by atoms with Crippen molar-refractivity contribution in [3.63, 3.8) is 0 Å². The standard InChI is InChI=1S/C8H7I/c1-2-7-3-5-8(9)6-4-7/h1,3-6H,2H2. The molecule has 0 bridgehead atoms. The van der Waals surface area contributed by atoms with Gasteiger partial charge in [-0.3, -0.25) is 0 Å². The third-order valence-electron chi connectivity index (χ3n) is 1.15. The molecule has 2 radical (unpaired) electrons. The van der Waals surface area contributed by atoms with Crippen LogP contribution in [0.25, 0.3) is 0 Å². The highest BCUT2D eigenvalue weighted by Crippen LogP contribution is 2.06. The van der Waals surface area contributed by atoms with Gasteiger partial charge < -0.3 is 0 Å². The Labute approximate surface area is 69.4 Å². The van der Waals surface area contributed by atoms with Gasteiger partial charge in [0.2, 0.25) is 0 Å². The van der Waals surface area contributed by atoms with Crippen LogP contribution in [0.2, 0.25) is 0 Å². The molecule has 1 heteroatoms. The molecular weight excluding hydrogens is 223 g/mol. The molecule has 0 aliphatic heterocycles. The van der Waals surface area contributed by atoms with Crippen molar-refractivity contribution in [1.82, 2.24) is 0 Å². The molecule has 0 saturated carbocycles. The van der Waals surface area contributed by atoms with E-state index in [0.29, 0.717) is 6.42 Å². The fourth-order valence-corrected chi connectivity index (χ4v) is 0.980. The van der Waals surface area contributed by atoms with E-state index in [-0.39, 0.29) is 0 Å². The van der Waals surface area contributed by atoms with Crippen LogP contribution in [-0.4, -0.2) is 0 Å². The van der Waals surface area contributed by atoms with E-state index in [2.05, 4.69) is 34.7 Å². The van der Waals surface area contributed by atoms with E-state index in [1.165, 1.54) is 9.13 Å². The predicted octanol–water partition coefficient (Wildman–Crippen LogP) is 2.54. The van der Waals surface area contributed by atoms with Crippen molar-refractivity contribution in [2.75, 3.05) is 0 Å². The lowest BCUT2D eigenvalue weighted by Gasteiger charge is -1.93. The first-order chi connectivity index (χ1) is 4.33. The molecule has 0 spiro atoms. The zero-order chi connectivity index (χ0) is 6.69. The Bertz CT molecular complexity index is 176. The second-order valence-electron chi connectivity index (χ2n) is 1.83. The van der Waals surface area contributed by atoms with E-state index >= 15 is 0 Å². The molecule has 0 atom stereocenters. The second kappa shape index (κ2) is 3.20. The van der Waals surface area contributed by atoms with Crippen LogP contribution in [-0.2, 0) is 6.42 Å². The Morgan fingerprint density at radius 2 is 1.78 bits per heavy atom. The average Bonchev–Trinajstić information content (AvgIpc) is 1.90. The van der Waals surface area contributed by atoms with Gasteiger partial charge in [0, 0.05) is 3.57 Å². The number of hydrogen-bond acceptors (Lipinski definition) is 0. The van der Waals surface area contributed by atoms with Gasteiger partial charge >= 0.3 is 0 Å². The van der Waals surface area contributed by atoms with E-state index in [0.717, 1.165) is 0 Å². The first-order valence-electron chi connectivity index (χ1n) is 2.77. The molecule has 0 unspecified atom stereocenters. The highest BCUT2D eigenvalue weighted by atomic mass is 127.